The number of carboxylic acid groups (broad SMARTS) is 1. The number of carbonyl (C=O) groups excluding carboxylic acids is 2. The Morgan fingerprint density at radius 1 is 1.41 bits per heavy atom. The van der Waals surface area contributed by atoms with Gasteiger partial charge in [0.05, 0.1) is 17.8 Å². The fourth-order valence-electron chi connectivity index (χ4n) is 1.71. The summed E-state index contributed by atoms with van der Waals surface area (Å²) in [4.78, 5) is 34.7. The van der Waals surface area contributed by atoms with Crippen LogP contribution in [0.3, 0.4) is 0 Å². The van der Waals surface area contributed by atoms with Gasteiger partial charge in [-0.1, -0.05) is 0 Å². The Balaban J connectivity index is 2.43. The molecule has 1 aromatic carbocycles. The molecule has 0 spiro atoms. The summed E-state index contributed by atoms with van der Waals surface area (Å²) in [5.41, 5.74) is 1.10. The molecule has 17 heavy (non-hydrogen) atoms. The summed E-state index contributed by atoms with van der Waals surface area (Å²) >= 11 is 0. The number of carbonyl (C=O) groups is 3. The van der Waals surface area contributed by atoms with Gasteiger partial charge >= 0.3 is 12.0 Å². The zero-order valence-electron chi connectivity index (χ0n) is 9.06. The molecule has 0 bridgehead atoms. The van der Waals surface area contributed by atoms with E-state index < -0.39 is 12.0 Å². The van der Waals surface area contributed by atoms with Crippen LogP contribution < -0.4 is 10.2 Å². The lowest BCUT2D eigenvalue weighted by atomic mass is 10.1. The van der Waals surface area contributed by atoms with Crippen molar-refractivity contribution in [2.75, 3.05) is 11.4 Å². The van der Waals surface area contributed by atoms with Gasteiger partial charge in [-0.05, 0) is 30.7 Å². The molecule has 1 fully saturated rings. The predicted octanol–water partition coefficient (Wildman–Crippen LogP) is 0.749. The molecule has 0 radical (unpaired) electrons. The number of nitrogens with zero attached hydrogens (tertiary/aromatic N) is 1. The molecule has 88 valence electrons. The van der Waals surface area contributed by atoms with E-state index in [0.717, 1.165) is 4.90 Å². The zero-order valence-corrected chi connectivity index (χ0v) is 9.06. The van der Waals surface area contributed by atoms with Gasteiger partial charge in [-0.25, -0.2) is 14.5 Å². The summed E-state index contributed by atoms with van der Waals surface area (Å²) in [6, 6.07) is 3.77. The van der Waals surface area contributed by atoms with Gasteiger partial charge in [-0.3, -0.25) is 4.79 Å². The van der Waals surface area contributed by atoms with Crippen molar-refractivity contribution in [2.24, 2.45) is 0 Å². The van der Waals surface area contributed by atoms with Crippen LogP contribution in [0.15, 0.2) is 18.2 Å². The Kier molecular flexibility index (Phi) is 2.55. The Labute approximate surface area is 96.8 Å². The van der Waals surface area contributed by atoms with Crippen molar-refractivity contribution in [1.82, 2.24) is 5.32 Å². The zero-order chi connectivity index (χ0) is 12.6. The molecule has 6 heteroatoms. The van der Waals surface area contributed by atoms with E-state index in [0.29, 0.717) is 11.3 Å². The van der Waals surface area contributed by atoms with E-state index in [2.05, 4.69) is 5.32 Å². The second-order valence-corrected chi connectivity index (χ2v) is 3.69. The normalized spacial score (nSPS) is 15.0. The first kappa shape index (κ1) is 11.1. The molecule has 1 aliphatic heterocycles. The molecule has 0 atom stereocenters. The second kappa shape index (κ2) is 3.89. The Morgan fingerprint density at radius 3 is 2.59 bits per heavy atom. The maximum Gasteiger partial charge on any atom is 0.335 e. The summed E-state index contributed by atoms with van der Waals surface area (Å²) < 4.78 is 0. The van der Waals surface area contributed by atoms with Gasteiger partial charge < -0.3 is 10.4 Å². The third kappa shape index (κ3) is 1.84. The van der Waals surface area contributed by atoms with Gasteiger partial charge in [-0.2, -0.15) is 0 Å². The van der Waals surface area contributed by atoms with Crippen LogP contribution in [0, 0.1) is 6.92 Å². The summed E-state index contributed by atoms with van der Waals surface area (Å²) in [6.07, 6.45) is 0. The van der Waals surface area contributed by atoms with Gasteiger partial charge in [-0.15, -0.1) is 0 Å². The quantitative estimate of drug-likeness (QED) is 0.739. The van der Waals surface area contributed by atoms with Crippen molar-refractivity contribution in [1.29, 1.82) is 0 Å². The Hall–Kier alpha value is -2.37. The highest BCUT2D eigenvalue weighted by atomic mass is 16.4. The van der Waals surface area contributed by atoms with Crippen LogP contribution in [0.25, 0.3) is 0 Å². The van der Waals surface area contributed by atoms with Crippen molar-refractivity contribution < 1.29 is 19.5 Å². The van der Waals surface area contributed by atoms with E-state index in [4.69, 9.17) is 5.11 Å². The van der Waals surface area contributed by atoms with Crippen LogP contribution in [0.5, 0.6) is 0 Å². The van der Waals surface area contributed by atoms with Crippen molar-refractivity contribution in [2.45, 2.75) is 6.92 Å². The SMILES string of the molecule is Cc1cc(C(=O)O)ccc1N1C(=O)CNC1=O. The number of anilines is 1. The van der Waals surface area contributed by atoms with E-state index in [1.165, 1.54) is 18.2 Å². The highest BCUT2D eigenvalue weighted by molar-refractivity contribution is 6.20. The molecule has 1 saturated heterocycles. The molecule has 0 unspecified atom stereocenters. The number of hydrogen-bond acceptors (Lipinski definition) is 3. The molecule has 0 saturated carbocycles. The van der Waals surface area contributed by atoms with Crippen molar-refractivity contribution in [3.63, 3.8) is 0 Å². The number of amides is 3. The van der Waals surface area contributed by atoms with Gasteiger partial charge in [0, 0.05) is 0 Å². The number of rotatable bonds is 2. The first-order chi connectivity index (χ1) is 8.00. The fourth-order valence-corrected chi connectivity index (χ4v) is 1.71. The van der Waals surface area contributed by atoms with E-state index >= 15 is 0 Å². The van der Waals surface area contributed by atoms with Crippen molar-refractivity contribution in [3.8, 4) is 0 Å². The molecule has 1 heterocycles. The number of urea groups is 1. The molecule has 3 amide bonds. The minimum absolute atomic E-state index is 0.0288. The molecular weight excluding hydrogens is 224 g/mol. The third-order valence-corrected chi connectivity index (χ3v) is 2.53. The maximum atomic E-state index is 11.5. The Morgan fingerprint density at radius 2 is 2.12 bits per heavy atom. The summed E-state index contributed by atoms with van der Waals surface area (Å²) in [5.74, 6) is -1.39. The molecule has 2 rings (SSSR count). The molecule has 2 N–H and O–H groups in total. The maximum absolute atomic E-state index is 11.5. The summed E-state index contributed by atoms with van der Waals surface area (Å²) in [7, 11) is 0. The fraction of sp³-hybridized carbons (Fsp3) is 0.182. The molecular formula is C11H10N2O4. The average Bonchev–Trinajstić information content (AvgIpc) is 2.59. The number of aromatic carboxylic acids is 1. The lowest BCUT2D eigenvalue weighted by molar-refractivity contribution is -0.115. The number of imide groups is 1. The van der Waals surface area contributed by atoms with Crippen LogP contribution in [0.1, 0.15) is 15.9 Å². The van der Waals surface area contributed by atoms with E-state index in [1.54, 1.807) is 6.92 Å². The minimum Gasteiger partial charge on any atom is -0.478 e. The lowest BCUT2D eigenvalue weighted by Crippen LogP contribution is -2.31. The van der Waals surface area contributed by atoms with Crippen LogP contribution >= 0.6 is 0 Å². The van der Waals surface area contributed by atoms with E-state index in [1.807, 2.05) is 0 Å². The highest BCUT2D eigenvalue weighted by Crippen LogP contribution is 2.23. The number of hydrogen-bond donors (Lipinski definition) is 2. The Bertz CT molecular complexity index is 508. The third-order valence-electron chi connectivity index (χ3n) is 2.53. The van der Waals surface area contributed by atoms with Crippen molar-refractivity contribution in [3.05, 3.63) is 29.3 Å². The molecule has 6 nitrogen and oxygen atoms in total. The predicted molar refractivity (Wildman–Crippen MR) is 59.0 cm³/mol. The highest BCUT2D eigenvalue weighted by Gasteiger charge is 2.31. The molecule has 0 aromatic heterocycles. The van der Waals surface area contributed by atoms with E-state index in [9.17, 15) is 14.4 Å². The number of carboxylic acids is 1. The molecule has 1 aliphatic rings. The first-order valence-electron chi connectivity index (χ1n) is 4.95. The number of aryl methyl sites for hydroxylation is 1. The van der Waals surface area contributed by atoms with Gasteiger partial charge in [0.1, 0.15) is 0 Å². The summed E-state index contributed by atoms with van der Waals surface area (Å²) in [5, 5.41) is 11.2. The lowest BCUT2D eigenvalue weighted by Gasteiger charge is -2.15. The smallest absolute Gasteiger partial charge is 0.335 e. The number of benzene rings is 1. The van der Waals surface area contributed by atoms with E-state index in [-0.39, 0.29) is 18.0 Å². The minimum atomic E-state index is -1.04. The van der Waals surface area contributed by atoms with Gasteiger partial charge in [0.25, 0.3) is 5.91 Å². The number of nitrogens with one attached hydrogen (secondary N) is 1. The van der Waals surface area contributed by atoms with Gasteiger partial charge in [0.15, 0.2) is 0 Å². The standard InChI is InChI=1S/C11H10N2O4/c1-6-4-7(10(15)16)2-3-8(6)13-9(14)5-12-11(13)17/h2-4H,5H2,1H3,(H,12,17)(H,15,16). The molecule has 1 aromatic rings. The summed E-state index contributed by atoms with van der Waals surface area (Å²) in [6.45, 7) is 1.62. The average molecular weight is 234 g/mol. The molecule has 0 aliphatic carbocycles. The van der Waals surface area contributed by atoms with Gasteiger partial charge in [0.2, 0.25) is 0 Å². The monoisotopic (exact) mass is 234 g/mol. The van der Waals surface area contributed by atoms with Crippen molar-refractivity contribution >= 4 is 23.6 Å². The van der Waals surface area contributed by atoms with Crippen LogP contribution in [0.4, 0.5) is 10.5 Å². The largest absolute Gasteiger partial charge is 0.478 e. The van der Waals surface area contributed by atoms with Crippen LogP contribution in [-0.4, -0.2) is 29.6 Å². The van der Waals surface area contributed by atoms with Crippen LogP contribution in [0.2, 0.25) is 0 Å². The first-order valence-corrected chi connectivity index (χ1v) is 4.95. The van der Waals surface area contributed by atoms with Crippen LogP contribution in [-0.2, 0) is 4.79 Å². The topological polar surface area (TPSA) is 86.7 Å². The second-order valence-electron chi connectivity index (χ2n) is 3.69.